The first-order chi connectivity index (χ1) is 15.3. The number of nitrogens with zero attached hydrogens (tertiary/aromatic N) is 2. The highest BCUT2D eigenvalue weighted by Crippen LogP contribution is 2.32. The van der Waals surface area contributed by atoms with Crippen LogP contribution in [0.5, 0.6) is 0 Å². The lowest BCUT2D eigenvalue weighted by Crippen LogP contribution is -2.31. The zero-order valence-corrected chi connectivity index (χ0v) is 19.4. The molecule has 0 radical (unpaired) electrons. The van der Waals surface area contributed by atoms with Crippen LogP contribution in [-0.4, -0.2) is 45.1 Å². The maximum atomic E-state index is 13.1. The maximum Gasteiger partial charge on any atom is 0.350 e. The van der Waals surface area contributed by atoms with E-state index in [0.29, 0.717) is 25.4 Å². The summed E-state index contributed by atoms with van der Waals surface area (Å²) in [6.45, 7) is 5.30. The predicted octanol–water partition coefficient (Wildman–Crippen LogP) is 4.16. The van der Waals surface area contributed by atoms with Crippen molar-refractivity contribution in [2.75, 3.05) is 18.5 Å². The summed E-state index contributed by atoms with van der Waals surface area (Å²) >= 11 is 7.40. The van der Waals surface area contributed by atoms with Gasteiger partial charge in [0, 0.05) is 13.0 Å². The van der Waals surface area contributed by atoms with E-state index in [1.54, 1.807) is 25.1 Å². The van der Waals surface area contributed by atoms with Gasteiger partial charge in [-0.25, -0.2) is 14.2 Å². The third-order valence-electron chi connectivity index (χ3n) is 4.16. The molecule has 7 nitrogen and oxygen atoms in total. The van der Waals surface area contributed by atoms with Crippen molar-refractivity contribution in [1.29, 1.82) is 0 Å². The minimum Gasteiger partial charge on any atom is -0.457 e. The number of carbonyl (C=O) groups is 3. The second-order valence-electron chi connectivity index (χ2n) is 6.50. The van der Waals surface area contributed by atoms with Gasteiger partial charge in [-0.2, -0.15) is 0 Å². The molecule has 32 heavy (non-hydrogen) atoms. The Morgan fingerprint density at radius 1 is 1.34 bits per heavy atom. The first-order valence-corrected chi connectivity index (χ1v) is 11.4. The molecule has 1 aliphatic heterocycles. The Morgan fingerprint density at radius 2 is 2.06 bits per heavy atom. The van der Waals surface area contributed by atoms with Crippen molar-refractivity contribution in [2.24, 2.45) is 0 Å². The van der Waals surface area contributed by atoms with Crippen LogP contribution in [0, 0.1) is 12.7 Å². The van der Waals surface area contributed by atoms with E-state index in [0.717, 1.165) is 23.1 Å². The number of ether oxygens (including phenoxy) is 1. The molecular formula is C21H18FN3O4S3. The van der Waals surface area contributed by atoms with Crippen molar-refractivity contribution in [2.45, 2.75) is 13.3 Å². The van der Waals surface area contributed by atoms with E-state index in [1.165, 1.54) is 23.1 Å². The zero-order chi connectivity index (χ0) is 23.3. The Labute approximate surface area is 197 Å². The molecule has 1 aromatic carbocycles. The molecule has 0 atom stereocenters. The number of thiocarbonyl (C=S) groups is 1. The molecule has 1 saturated heterocycles. The molecule has 2 amide bonds. The summed E-state index contributed by atoms with van der Waals surface area (Å²) in [5.74, 6) is -1.58. The normalized spacial score (nSPS) is 14.7. The van der Waals surface area contributed by atoms with Crippen LogP contribution in [0.2, 0.25) is 0 Å². The quantitative estimate of drug-likeness (QED) is 0.257. The number of carbonyl (C=O) groups excluding carboxylic acids is 3. The highest BCUT2D eigenvalue weighted by Gasteiger charge is 2.32. The van der Waals surface area contributed by atoms with Crippen molar-refractivity contribution in [1.82, 2.24) is 9.88 Å². The summed E-state index contributed by atoms with van der Waals surface area (Å²) in [5.41, 5.74) is 1.12. The second kappa shape index (κ2) is 10.6. The number of aryl methyl sites for hydroxylation is 1. The van der Waals surface area contributed by atoms with Gasteiger partial charge in [0.2, 0.25) is 5.91 Å². The van der Waals surface area contributed by atoms with E-state index in [4.69, 9.17) is 17.0 Å². The van der Waals surface area contributed by atoms with Gasteiger partial charge in [0.1, 0.15) is 21.6 Å². The molecule has 11 heteroatoms. The fourth-order valence-electron chi connectivity index (χ4n) is 2.64. The molecule has 0 spiro atoms. The number of nitrogens with one attached hydrogen (secondary N) is 1. The smallest absolute Gasteiger partial charge is 0.350 e. The molecule has 2 aromatic rings. The Balaban J connectivity index is 1.57. The predicted molar refractivity (Wildman–Crippen MR) is 127 cm³/mol. The zero-order valence-electron chi connectivity index (χ0n) is 16.9. The van der Waals surface area contributed by atoms with Crippen LogP contribution in [0.25, 0.3) is 6.08 Å². The number of hydrogen-bond donors (Lipinski definition) is 1. The number of thiazole rings is 1. The largest absolute Gasteiger partial charge is 0.457 e. The standard InChI is InChI=1S/C21H18FN3O4S3/c1-3-10-29-19(28)17-12(2)23-20(32-17)24-16(26)8-9-25-18(27)15(31-21(25)30)11-13-4-6-14(22)7-5-13/h3-7,11H,1,8-10H2,2H3,(H,23,24,26). The van der Waals surface area contributed by atoms with Crippen LogP contribution < -0.4 is 5.32 Å². The van der Waals surface area contributed by atoms with Gasteiger partial charge in [-0.15, -0.1) is 0 Å². The maximum absolute atomic E-state index is 13.1. The topological polar surface area (TPSA) is 88.6 Å². The summed E-state index contributed by atoms with van der Waals surface area (Å²) in [4.78, 5) is 43.2. The van der Waals surface area contributed by atoms with E-state index in [-0.39, 0.29) is 42.3 Å². The van der Waals surface area contributed by atoms with Crippen LogP contribution in [0.4, 0.5) is 9.52 Å². The molecular weight excluding hydrogens is 473 g/mol. The van der Waals surface area contributed by atoms with Gasteiger partial charge >= 0.3 is 5.97 Å². The number of rotatable bonds is 8. The first kappa shape index (κ1) is 23.8. The number of esters is 1. The Bertz CT molecular complexity index is 1110. The molecule has 0 unspecified atom stereocenters. The number of benzene rings is 1. The van der Waals surface area contributed by atoms with Gasteiger partial charge in [0.25, 0.3) is 5.91 Å². The molecule has 3 rings (SSSR count). The summed E-state index contributed by atoms with van der Waals surface area (Å²) in [6.07, 6.45) is 3.08. The van der Waals surface area contributed by atoms with Crippen molar-refractivity contribution in [3.63, 3.8) is 0 Å². The second-order valence-corrected chi connectivity index (χ2v) is 9.18. The monoisotopic (exact) mass is 491 g/mol. The molecule has 1 fully saturated rings. The van der Waals surface area contributed by atoms with E-state index in [9.17, 15) is 18.8 Å². The van der Waals surface area contributed by atoms with E-state index in [1.807, 2.05) is 0 Å². The first-order valence-electron chi connectivity index (χ1n) is 9.34. The Kier molecular flexibility index (Phi) is 7.89. The van der Waals surface area contributed by atoms with Crippen molar-refractivity contribution in [3.8, 4) is 0 Å². The fraction of sp³-hybridized carbons (Fsp3) is 0.190. The van der Waals surface area contributed by atoms with E-state index >= 15 is 0 Å². The molecule has 1 aromatic heterocycles. The van der Waals surface area contributed by atoms with Crippen LogP contribution >= 0.6 is 35.3 Å². The molecule has 0 aliphatic carbocycles. The summed E-state index contributed by atoms with van der Waals surface area (Å²) in [7, 11) is 0. The molecule has 166 valence electrons. The lowest BCUT2D eigenvalue weighted by atomic mass is 10.2. The van der Waals surface area contributed by atoms with E-state index < -0.39 is 5.97 Å². The highest BCUT2D eigenvalue weighted by atomic mass is 32.2. The minimum atomic E-state index is -0.536. The molecule has 0 saturated carbocycles. The van der Waals surface area contributed by atoms with Crippen molar-refractivity contribution < 1.29 is 23.5 Å². The van der Waals surface area contributed by atoms with Gasteiger partial charge in [-0.3, -0.25) is 14.5 Å². The molecule has 2 heterocycles. The Hall–Kier alpha value is -2.89. The number of halogens is 1. The molecule has 0 bridgehead atoms. The molecule has 1 N–H and O–H groups in total. The third-order valence-corrected chi connectivity index (χ3v) is 6.60. The Morgan fingerprint density at radius 3 is 2.75 bits per heavy atom. The van der Waals surface area contributed by atoms with Crippen molar-refractivity contribution in [3.05, 3.63) is 63.8 Å². The summed E-state index contributed by atoms with van der Waals surface area (Å²) in [5, 5.41) is 2.89. The fourth-order valence-corrected chi connectivity index (χ4v) is 4.82. The van der Waals surface area contributed by atoms with Gasteiger partial charge in [0.15, 0.2) is 5.13 Å². The lowest BCUT2D eigenvalue weighted by Gasteiger charge is -2.13. The number of amides is 2. The minimum absolute atomic E-state index is 0.00879. The van der Waals surface area contributed by atoms with Gasteiger partial charge in [0.05, 0.1) is 10.6 Å². The lowest BCUT2D eigenvalue weighted by molar-refractivity contribution is -0.122. The highest BCUT2D eigenvalue weighted by molar-refractivity contribution is 8.26. The average Bonchev–Trinajstić information content (AvgIpc) is 3.24. The van der Waals surface area contributed by atoms with Crippen LogP contribution in [0.15, 0.2) is 41.8 Å². The van der Waals surface area contributed by atoms with Gasteiger partial charge < -0.3 is 10.1 Å². The van der Waals surface area contributed by atoms with E-state index in [2.05, 4.69) is 16.9 Å². The number of thioether (sulfide) groups is 1. The summed E-state index contributed by atoms with van der Waals surface area (Å²) < 4.78 is 18.4. The third kappa shape index (κ3) is 5.87. The number of hydrogen-bond acceptors (Lipinski definition) is 8. The number of anilines is 1. The van der Waals surface area contributed by atoms with Crippen LogP contribution in [0.1, 0.15) is 27.3 Å². The SMILES string of the molecule is C=CCOC(=O)c1sc(NC(=O)CCN2C(=O)C(=Cc3ccc(F)cc3)SC2=S)nc1C. The van der Waals surface area contributed by atoms with Crippen molar-refractivity contribution >= 4 is 68.6 Å². The van der Waals surface area contributed by atoms with Crippen LogP contribution in [-0.2, 0) is 14.3 Å². The van der Waals surface area contributed by atoms with Gasteiger partial charge in [-0.05, 0) is 30.7 Å². The molecule has 1 aliphatic rings. The van der Waals surface area contributed by atoms with Gasteiger partial charge in [-0.1, -0.05) is 60.1 Å². The average molecular weight is 492 g/mol. The van der Waals surface area contributed by atoms with Crippen LogP contribution in [0.3, 0.4) is 0 Å². The summed E-state index contributed by atoms with van der Waals surface area (Å²) in [6, 6.07) is 5.74. The number of aromatic nitrogens is 1.